The molecule has 0 aliphatic carbocycles. The van der Waals surface area contributed by atoms with Gasteiger partial charge < -0.3 is 52.5 Å². The highest BCUT2D eigenvalue weighted by molar-refractivity contribution is 5.66. The van der Waals surface area contributed by atoms with Crippen molar-refractivity contribution in [1.82, 2.24) is 0 Å². The van der Waals surface area contributed by atoms with Crippen LogP contribution in [0.15, 0.2) is 0 Å². The summed E-state index contributed by atoms with van der Waals surface area (Å²) in [4.78, 5) is 10.3. The van der Waals surface area contributed by atoms with E-state index in [0.717, 1.165) is 0 Å². The lowest BCUT2D eigenvalue weighted by Gasteiger charge is -2.09. The zero-order valence-corrected chi connectivity index (χ0v) is 21.4. The van der Waals surface area contributed by atoms with Gasteiger partial charge in [-0.25, -0.2) is 0 Å². The third-order valence-electron chi connectivity index (χ3n) is 3.99. The molecule has 0 aliphatic heterocycles. The fourth-order valence-corrected chi connectivity index (χ4v) is 2.27. The largest absolute Gasteiger partial charge is 0.481 e. The first-order valence-electron chi connectivity index (χ1n) is 12.2. The number of ether oxygens (including phenoxy) is 10. The van der Waals surface area contributed by atoms with E-state index < -0.39 is 5.97 Å². The molecule has 0 saturated heterocycles. The number of carbonyl (C=O) groups is 1. The fourth-order valence-electron chi connectivity index (χ4n) is 2.27. The molecule has 0 fully saturated rings. The normalized spacial score (nSPS) is 11.1. The maximum atomic E-state index is 10.3. The first-order valence-corrected chi connectivity index (χ1v) is 12.2. The van der Waals surface area contributed by atoms with E-state index in [0.29, 0.717) is 126 Å². The monoisotopic (exact) mass is 524 g/mol. The average molecular weight is 525 g/mol. The Hall–Kier alpha value is -1.37. The highest BCUT2D eigenvalue weighted by atomic mass is 16.6. The average Bonchev–Trinajstić information content (AvgIpc) is 2.87. The van der Waals surface area contributed by atoms with E-state index in [9.17, 15) is 4.79 Å². The molecule has 0 spiro atoms. The van der Waals surface area contributed by atoms with Crippen molar-refractivity contribution in [3.8, 4) is 12.3 Å². The molecule has 0 saturated carbocycles. The highest BCUT2D eigenvalue weighted by Crippen LogP contribution is 1.87. The Bertz CT molecular complexity index is 486. The zero-order valence-electron chi connectivity index (χ0n) is 21.4. The van der Waals surface area contributed by atoms with Gasteiger partial charge in [-0.15, -0.1) is 6.42 Å². The molecule has 0 aromatic carbocycles. The Morgan fingerprint density at radius 1 is 0.444 bits per heavy atom. The van der Waals surface area contributed by atoms with Gasteiger partial charge in [0.2, 0.25) is 0 Å². The molecule has 0 amide bonds. The summed E-state index contributed by atoms with van der Waals surface area (Å²) in [7, 11) is 0. The first kappa shape index (κ1) is 34.6. The third kappa shape index (κ3) is 32.6. The summed E-state index contributed by atoms with van der Waals surface area (Å²) >= 11 is 0. The summed E-state index contributed by atoms with van der Waals surface area (Å²) in [5, 5.41) is 8.46. The van der Waals surface area contributed by atoms with Crippen molar-refractivity contribution in [3.05, 3.63) is 0 Å². The van der Waals surface area contributed by atoms with Crippen molar-refractivity contribution in [3.63, 3.8) is 0 Å². The van der Waals surface area contributed by atoms with Crippen LogP contribution in [0.4, 0.5) is 0 Å². The van der Waals surface area contributed by atoms with Gasteiger partial charge in [0, 0.05) is 0 Å². The van der Waals surface area contributed by atoms with Crippen molar-refractivity contribution in [2.24, 2.45) is 0 Å². The number of terminal acetylenes is 1. The molecular weight excluding hydrogens is 480 g/mol. The van der Waals surface area contributed by atoms with Crippen molar-refractivity contribution in [1.29, 1.82) is 0 Å². The van der Waals surface area contributed by atoms with Crippen LogP contribution in [0.2, 0.25) is 0 Å². The molecule has 0 aliphatic rings. The van der Waals surface area contributed by atoms with Crippen LogP contribution in [0.3, 0.4) is 0 Å². The summed E-state index contributed by atoms with van der Waals surface area (Å²) < 4.78 is 53.2. The number of carboxylic acids is 1. The molecule has 12 nitrogen and oxygen atoms in total. The summed E-state index contributed by atoms with van der Waals surface area (Å²) in [5.41, 5.74) is 0. The van der Waals surface area contributed by atoms with Gasteiger partial charge in [0.15, 0.2) is 0 Å². The van der Waals surface area contributed by atoms with Crippen molar-refractivity contribution in [2.45, 2.75) is 6.42 Å². The molecule has 1 N–H and O–H groups in total. The third-order valence-corrected chi connectivity index (χ3v) is 3.99. The van der Waals surface area contributed by atoms with E-state index in [4.69, 9.17) is 58.9 Å². The van der Waals surface area contributed by atoms with Crippen LogP contribution in [0, 0.1) is 12.3 Å². The Labute approximate surface area is 214 Å². The summed E-state index contributed by atoms with van der Waals surface area (Å²) in [5.74, 6) is 1.52. The number of hydrogen-bond donors (Lipinski definition) is 1. The van der Waals surface area contributed by atoms with Gasteiger partial charge in [-0.2, -0.15) is 0 Å². The van der Waals surface area contributed by atoms with Crippen LogP contribution in [0.1, 0.15) is 6.42 Å². The lowest BCUT2D eigenvalue weighted by atomic mass is 10.5. The van der Waals surface area contributed by atoms with E-state index in [1.807, 2.05) is 0 Å². The Morgan fingerprint density at radius 2 is 0.667 bits per heavy atom. The second-order valence-corrected chi connectivity index (χ2v) is 6.91. The zero-order chi connectivity index (χ0) is 26.2. The van der Waals surface area contributed by atoms with E-state index in [-0.39, 0.29) is 13.0 Å². The summed E-state index contributed by atoms with van der Waals surface area (Å²) in [6, 6.07) is 0. The van der Waals surface area contributed by atoms with Crippen LogP contribution in [-0.4, -0.2) is 143 Å². The Morgan fingerprint density at radius 3 is 0.889 bits per heavy atom. The van der Waals surface area contributed by atoms with Crippen molar-refractivity contribution < 1.29 is 57.3 Å². The molecule has 0 rings (SSSR count). The van der Waals surface area contributed by atoms with E-state index >= 15 is 0 Å². The standard InChI is InChI=1S/C24H44O12/c1-2-4-27-6-8-29-10-12-31-14-16-33-18-20-35-22-23-36-21-19-34-17-15-32-13-11-30-9-7-28-5-3-24(25)26/h1H,3-23H2,(H,25,26). The van der Waals surface area contributed by atoms with E-state index in [1.54, 1.807) is 0 Å². The van der Waals surface area contributed by atoms with Crippen LogP contribution >= 0.6 is 0 Å². The van der Waals surface area contributed by atoms with Gasteiger partial charge in [0.25, 0.3) is 0 Å². The highest BCUT2D eigenvalue weighted by Gasteiger charge is 1.97. The maximum Gasteiger partial charge on any atom is 0.305 e. The van der Waals surface area contributed by atoms with Gasteiger partial charge in [0.05, 0.1) is 132 Å². The SMILES string of the molecule is C#CCOCCOCCOCCOCCOCCOCCOCCOCCOCCOCCC(=O)O. The second-order valence-electron chi connectivity index (χ2n) is 6.91. The Kier molecular flexibility index (Phi) is 30.5. The molecule has 12 heteroatoms. The lowest BCUT2D eigenvalue weighted by Crippen LogP contribution is -2.15. The van der Waals surface area contributed by atoms with Gasteiger partial charge in [0.1, 0.15) is 6.61 Å². The number of aliphatic carboxylic acids is 1. The van der Waals surface area contributed by atoms with Crippen LogP contribution in [0.5, 0.6) is 0 Å². The Balaban J connectivity index is 3.02. The molecule has 0 heterocycles. The molecule has 0 bridgehead atoms. The predicted molar refractivity (Wildman–Crippen MR) is 129 cm³/mol. The van der Waals surface area contributed by atoms with Crippen LogP contribution in [-0.2, 0) is 52.2 Å². The molecule has 0 aromatic rings. The van der Waals surface area contributed by atoms with E-state index in [2.05, 4.69) is 5.92 Å². The second kappa shape index (κ2) is 31.7. The molecule has 0 aromatic heterocycles. The molecule has 0 unspecified atom stereocenters. The smallest absolute Gasteiger partial charge is 0.305 e. The number of rotatable bonds is 31. The molecular formula is C24H44O12. The van der Waals surface area contributed by atoms with Crippen molar-refractivity contribution in [2.75, 3.05) is 132 Å². The maximum absolute atomic E-state index is 10.3. The van der Waals surface area contributed by atoms with Crippen LogP contribution in [0.25, 0.3) is 0 Å². The summed E-state index contributed by atoms with van der Waals surface area (Å²) in [6.07, 6.45) is 5.06. The lowest BCUT2D eigenvalue weighted by molar-refractivity contribution is -0.138. The van der Waals surface area contributed by atoms with Gasteiger partial charge in [-0.05, 0) is 0 Å². The fraction of sp³-hybridized carbons (Fsp3) is 0.875. The number of hydrogen-bond acceptors (Lipinski definition) is 11. The molecule has 212 valence electrons. The molecule has 0 radical (unpaired) electrons. The van der Waals surface area contributed by atoms with Gasteiger partial charge in [-0.1, -0.05) is 5.92 Å². The molecule has 0 atom stereocenters. The van der Waals surface area contributed by atoms with Crippen LogP contribution < -0.4 is 0 Å². The predicted octanol–water partition coefficient (Wildman–Crippen LogP) is 0.260. The minimum absolute atomic E-state index is 0.000443. The van der Waals surface area contributed by atoms with Gasteiger partial charge >= 0.3 is 5.97 Å². The topological polar surface area (TPSA) is 130 Å². The minimum Gasteiger partial charge on any atom is -0.481 e. The quantitative estimate of drug-likeness (QED) is 0.0986. The molecule has 36 heavy (non-hydrogen) atoms. The number of carboxylic acid groups (broad SMARTS) is 1. The summed E-state index contributed by atoms with van der Waals surface area (Å²) in [6.45, 7) is 9.12. The minimum atomic E-state index is -0.873. The first-order chi connectivity index (χ1) is 17.8. The van der Waals surface area contributed by atoms with E-state index in [1.165, 1.54) is 0 Å². The van der Waals surface area contributed by atoms with Gasteiger partial charge in [-0.3, -0.25) is 4.79 Å². The van der Waals surface area contributed by atoms with Crippen molar-refractivity contribution >= 4 is 5.97 Å².